The molecule has 0 heterocycles. The van der Waals surface area contributed by atoms with Gasteiger partial charge in [0.25, 0.3) is 0 Å². The van der Waals surface area contributed by atoms with Crippen LogP contribution in [0.4, 0.5) is 20.2 Å². The van der Waals surface area contributed by atoms with Crippen LogP contribution >= 0.6 is 0 Å². The first kappa shape index (κ1) is 13.8. The molecule has 0 spiro atoms. The van der Waals surface area contributed by atoms with Gasteiger partial charge in [-0.25, -0.2) is 8.78 Å². The van der Waals surface area contributed by atoms with Crippen molar-refractivity contribution in [3.05, 3.63) is 53.6 Å². The van der Waals surface area contributed by atoms with E-state index in [-0.39, 0.29) is 23.4 Å². The molecule has 20 heavy (non-hydrogen) atoms. The van der Waals surface area contributed by atoms with Gasteiger partial charge in [-0.1, -0.05) is 6.07 Å². The number of aromatic hydroxyl groups is 1. The number of rotatable bonds is 3. The molecular formula is C14H12F2N2O2. The Labute approximate surface area is 113 Å². The zero-order chi connectivity index (χ0) is 14.7. The highest BCUT2D eigenvalue weighted by atomic mass is 19.1. The fourth-order valence-electron chi connectivity index (χ4n) is 1.70. The van der Waals surface area contributed by atoms with Gasteiger partial charge in [-0.2, -0.15) is 0 Å². The van der Waals surface area contributed by atoms with E-state index < -0.39 is 17.5 Å². The molecule has 0 saturated carbocycles. The fourth-order valence-corrected chi connectivity index (χ4v) is 1.70. The van der Waals surface area contributed by atoms with Gasteiger partial charge in [-0.05, 0) is 23.8 Å². The number of carbonyl (C=O) groups is 1. The molecule has 104 valence electrons. The van der Waals surface area contributed by atoms with Gasteiger partial charge < -0.3 is 16.2 Å². The van der Waals surface area contributed by atoms with E-state index in [4.69, 9.17) is 5.73 Å². The molecule has 0 fully saturated rings. The summed E-state index contributed by atoms with van der Waals surface area (Å²) in [6.07, 6.45) is -0.244. The molecule has 2 aromatic carbocycles. The second-order valence-electron chi connectivity index (χ2n) is 4.23. The van der Waals surface area contributed by atoms with Crippen LogP contribution in [-0.4, -0.2) is 11.0 Å². The molecule has 0 aromatic heterocycles. The van der Waals surface area contributed by atoms with Crippen LogP contribution < -0.4 is 11.1 Å². The van der Waals surface area contributed by atoms with Gasteiger partial charge >= 0.3 is 0 Å². The molecule has 0 aliphatic carbocycles. The monoisotopic (exact) mass is 278 g/mol. The van der Waals surface area contributed by atoms with Gasteiger partial charge in [-0.15, -0.1) is 0 Å². The van der Waals surface area contributed by atoms with E-state index >= 15 is 0 Å². The average molecular weight is 278 g/mol. The number of halogens is 2. The molecule has 4 N–H and O–H groups in total. The second kappa shape index (κ2) is 5.56. The maximum atomic E-state index is 13.4. The molecule has 0 radical (unpaired) electrons. The fraction of sp³-hybridized carbons (Fsp3) is 0.0714. The van der Waals surface area contributed by atoms with Crippen LogP contribution in [0.1, 0.15) is 5.56 Å². The smallest absolute Gasteiger partial charge is 0.228 e. The molecular weight excluding hydrogens is 266 g/mol. The number of nitrogen functional groups attached to an aromatic ring is 1. The van der Waals surface area contributed by atoms with Crippen molar-refractivity contribution in [1.82, 2.24) is 0 Å². The largest absolute Gasteiger partial charge is 0.508 e. The molecule has 4 nitrogen and oxygen atoms in total. The Balaban J connectivity index is 2.09. The average Bonchev–Trinajstić information content (AvgIpc) is 2.36. The number of nitrogens with two attached hydrogens (primary N) is 1. The zero-order valence-electron chi connectivity index (χ0n) is 10.4. The number of nitrogens with one attached hydrogen (secondary N) is 1. The van der Waals surface area contributed by atoms with Gasteiger partial charge in [0, 0.05) is 12.1 Å². The summed E-state index contributed by atoms with van der Waals surface area (Å²) in [6, 6.07) is 7.10. The van der Waals surface area contributed by atoms with E-state index in [1.807, 2.05) is 0 Å². The number of anilines is 2. The lowest BCUT2D eigenvalue weighted by molar-refractivity contribution is -0.115. The first-order chi connectivity index (χ1) is 9.45. The van der Waals surface area contributed by atoms with Crippen LogP contribution in [0.15, 0.2) is 36.4 Å². The number of phenolic OH excluding ortho intramolecular Hbond substituents is 1. The van der Waals surface area contributed by atoms with Crippen molar-refractivity contribution >= 4 is 17.3 Å². The van der Waals surface area contributed by atoms with Crippen LogP contribution in [0.5, 0.6) is 5.75 Å². The van der Waals surface area contributed by atoms with E-state index in [0.717, 1.165) is 12.1 Å². The van der Waals surface area contributed by atoms with E-state index in [2.05, 4.69) is 5.32 Å². The van der Waals surface area contributed by atoms with Crippen molar-refractivity contribution in [2.45, 2.75) is 6.42 Å². The summed E-state index contributed by atoms with van der Waals surface area (Å²) in [6.45, 7) is 0. The Bertz CT molecular complexity index is 604. The lowest BCUT2D eigenvalue weighted by atomic mass is 10.1. The summed E-state index contributed by atoms with van der Waals surface area (Å²) in [5.74, 6) is -1.99. The van der Waals surface area contributed by atoms with E-state index in [1.54, 1.807) is 0 Å². The number of hydrogen-bond acceptors (Lipinski definition) is 3. The summed E-state index contributed by atoms with van der Waals surface area (Å²) in [5, 5.41) is 11.7. The standard InChI is InChI=1S/C14H12F2N2O2/c15-9-2-1-8(11(16)6-9)5-14(20)18-13-4-3-10(19)7-12(13)17/h1-4,6-7,19H,5,17H2,(H,18,20). The number of phenols is 1. The van der Waals surface area contributed by atoms with Crippen LogP contribution in [0.25, 0.3) is 0 Å². The van der Waals surface area contributed by atoms with Crippen LogP contribution in [-0.2, 0) is 11.2 Å². The van der Waals surface area contributed by atoms with E-state index in [1.165, 1.54) is 24.3 Å². The summed E-state index contributed by atoms with van der Waals surface area (Å²) >= 11 is 0. The zero-order valence-corrected chi connectivity index (χ0v) is 10.4. The topological polar surface area (TPSA) is 75.3 Å². The molecule has 6 heteroatoms. The van der Waals surface area contributed by atoms with E-state index in [0.29, 0.717) is 5.69 Å². The van der Waals surface area contributed by atoms with Gasteiger partial charge in [0.05, 0.1) is 17.8 Å². The van der Waals surface area contributed by atoms with Gasteiger partial charge in [-0.3, -0.25) is 4.79 Å². The summed E-state index contributed by atoms with van der Waals surface area (Å²) in [5.41, 5.74) is 6.21. The third-order valence-corrected chi connectivity index (χ3v) is 2.68. The predicted molar refractivity (Wildman–Crippen MR) is 71.2 cm³/mol. The Morgan fingerprint density at radius 3 is 2.60 bits per heavy atom. The van der Waals surface area contributed by atoms with Crippen molar-refractivity contribution in [2.24, 2.45) is 0 Å². The van der Waals surface area contributed by atoms with Crippen molar-refractivity contribution in [3.63, 3.8) is 0 Å². The first-order valence-corrected chi connectivity index (χ1v) is 5.78. The predicted octanol–water partition coefficient (Wildman–Crippen LogP) is 2.43. The SMILES string of the molecule is Nc1cc(O)ccc1NC(=O)Cc1ccc(F)cc1F. The maximum absolute atomic E-state index is 13.4. The molecule has 0 unspecified atom stereocenters. The summed E-state index contributed by atoms with van der Waals surface area (Å²) in [4.78, 5) is 11.8. The van der Waals surface area contributed by atoms with Gasteiger partial charge in [0.2, 0.25) is 5.91 Å². The van der Waals surface area contributed by atoms with Crippen molar-refractivity contribution in [3.8, 4) is 5.75 Å². The molecule has 0 bridgehead atoms. The molecule has 2 aromatic rings. The quantitative estimate of drug-likeness (QED) is 0.596. The highest BCUT2D eigenvalue weighted by molar-refractivity contribution is 5.95. The molecule has 0 atom stereocenters. The minimum absolute atomic E-state index is 0.0231. The van der Waals surface area contributed by atoms with Gasteiger partial charge in [0.1, 0.15) is 17.4 Å². The number of carbonyl (C=O) groups excluding carboxylic acids is 1. The van der Waals surface area contributed by atoms with Crippen LogP contribution in [0.2, 0.25) is 0 Å². The molecule has 0 aliphatic rings. The summed E-state index contributed by atoms with van der Waals surface area (Å²) < 4.78 is 26.1. The maximum Gasteiger partial charge on any atom is 0.228 e. The first-order valence-electron chi connectivity index (χ1n) is 5.78. The Kier molecular flexibility index (Phi) is 3.84. The van der Waals surface area contributed by atoms with Crippen molar-refractivity contribution in [2.75, 3.05) is 11.1 Å². The number of benzene rings is 2. The molecule has 0 aliphatic heterocycles. The lowest BCUT2D eigenvalue weighted by Gasteiger charge is -2.09. The second-order valence-corrected chi connectivity index (χ2v) is 4.23. The minimum Gasteiger partial charge on any atom is -0.508 e. The third-order valence-electron chi connectivity index (χ3n) is 2.68. The summed E-state index contributed by atoms with van der Waals surface area (Å²) in [7, 11) is 0. The highest BCUT2D eigenvalue weighted by Crippen LogP contribution is 2.23. The normalized spacial score (nSPS) is 10.3. The lowest BCUT2D eigenvalue weighted by Crippen LogP contribution is -2.16. The molecule has 2 rings (SSSR count). The number of hydrogen-bond donors (Lipinski definition) is 3. The highest BCUT2D eigenvalue weighted by Gasteiger charge is 2.11. The Morgan fingerprint density at radius 1 is 1.20 bits per heavy atom. The Hall–Kier alpha value is -2.63. The van der Waals surface area contributed by atoms with Crippen LogP contribution in [0.3, 0.4) is 0 Å². The Morgan fingerprint density at radius 2 is 1.95 bits per heavy atom. The van der Waals surface area contributed by atoms with Crippen LogP contribution in [0, 0.1) is 11.6 Å². The molecule has 0 saturated heterocycles. The minimum atomic E-state index is -0.779. The number of amides is 1. The third kappa shape index (κ3) is 3.23. The van der Waals surface area contributed by atoms with Gasteiger partial charge in [0.15, 0.2) is 0 Å². The van der Waals surface area contributed by atoms with Crippen molar-refractivity contribution in [1.29, 1.82) is 0 Å². The van der Waals surface area contributed by atoms with E-state index in [9.17, 15) is 18.7 Å². The van der Waals surface area contributed by atoms with Crippen molar-refractivity contribution < 1.29 is 18.7 Å². The molecule has 1 amide bonds.